The van der Waals surface area contributed by atoms with Crippen LogP contribution in [0.4, 0.5) is 4.39 Å². The second-order valence-corrected chi connectivity index (χ2v) is 5.94. The molecule has 0 spiro atoms. The maximum atomic E-state index is 13.9. The molecule has 1 aromatic carbocycles. The first-order chi connectivity index (χ1) is 8.11. The van der Waals surface area contributed by atoms with E-state index in [1.165, 1.54) is 0 Å². The van der Waals surface area contributed by atoms with Crippen molar-refractivity contribution < 1.29 is 4.39 Å². The van der Waals surface area contributed by atoms with E-state index in [0.29, 0.717) is 10.0 Å². The van der Waals surface area contributed by atoms with E-state index in [-0.39, 0.29) is 11.1 Å². The summed E-state index contributed by atoms with van der Waals surface area (Å²) in [7, 11) is 0. The van der Waals surface area contributed by atoms with Crippen molar-refractivity contribution in [2.75, 3.05) is 11.5 Å². The lowest BCUT2D eigenvalue weighted by Crippen LogP contribution is -2.30. The molecule has 0 fully saturated rings. The standard InChI is InChI=1S/C11H15BrClFN2S/c1-2-5-17-6-9(16-15)7-3-4-8(12)10(13)11(7)14/h3-4,9,16H,2,5-6,15H2,1H3. The molecule has 0 saturated carbocycles. The van der Waals surface area contributed by atoms with Crippen LogP contribution in [-0.2, 0) is 0 Å². The lowest BCUT2D eigenvalue weighted by Gasteiger charge is -2.17. The predicted octanol–water partition coefficient (Wildman–Crippen LogP) is 3.89. The summed E-state index contributed by atoms with van der Waals surface area (Å²) in [4.78, 5) is 0. The van der Waals surface area contributed by atoms with Gasteiger partial charge in [0, 0.05) is 15.8 Å². The molecule has 0 aliphatic rings. The molecule has 1 rings (SSSR count). The van der Waals surface area contributed by atoms with Crippen LogP contribution in [0, 0.1) is 5.82 Å². The Hall–Kier alpha value is 0.190. The highest BCUT2D eigenvalue weighted by atomic mass is 79.9. The molecule has 0 amide bonds. The van der Waals surface area contributed by atoms with Crippen molar-refractivity contribution in [1.29, 1.82) is 0 Å². The second kappa shape index (κ2) is 7.59. The van der Waals surface area contributed by atoms with Crippen molar-refractivity contribution in [3.63, 3.8) is 0 Å². The van der Waals surface area contributed by atoms with E-state index in [4.69, 9.17) is 17.4 Å². The second-order valence-electron chi connectivity index (χ2n) is 3.56. The molecule has 1 atom stereocenters. The average Bonchev–Trinajstić information content (AvgIpc) is 2.33. The van der Waals surface area contributed by atoms with E-state index in [0.717, 1.165) is 17.9 Å². The zero-order valence-corrected chi connectivity index (χ0v) is 12.6. The van der Waals surface area contributed by atoms with E-state index < -0.39 is 5.82 Å². The molecule has 17 heavy (non-hydrogen) atoms. The quantitative estimate of drug-likeness (QED) is 0.357. The van der Waals surface area contributed by atoms with E-state index >= 15 is 0 Å². The summed E-state index contributed by atoms with van der Waals surface area (Å²) in [6.07, 6.45) is 1.09. The molecule has 6 heteroatoms. The van der Waals surface area contributed by atoms with Gasteiger partial charge in [0.05, 0.1) is 11.1 Å². The topological polar surface area (TPSA) is 38.0 Å². The van der Waals surface area contributed by atoms with Gasteiger partial charge in [0.1, 0.15) is 5.82 Å². The van der Waals surface area contributed by atoms with Gasteiger partial charge in [0.25, 0.3) is 0 Å². The van der Waals surface area contributed by atoms with Crippen LogP contribution in [0.2, 0.25) is 5.02 Å². The Morgan fingerprint density at radius 2 is 2.29 bits per heavy atom. The predicted molar refractivity (Wildman–Crippen MR) is 76.8 cm³/mol. The van der Waals surface area contributed by atoms with Gasteiger partial charge in [0.15, 0.2) is 0 Å². The number of hydrogen-bond donors (Lipinski definition) is 2. The van der Waals surface area contributed by atoms with Crippen molar-refractivity contribution in [1.82, 2.24) is 5.43 Å². The van der Waals surface area contributed by atoms with Crippen molar-refractivity contribution in [2.24, 2.45) is 5.84 Å². The van der Waals surface area contributed by atoms with Crippen molar-refractivity contribution in [2.45, 2.75) is 19.4 Å². The highest BCUT2D eigenvalue weighted by molar-refractivity contribution is 9.10. The highest BCUT2D eigenvalue weighted by Crippen LogP contribution is 2.31. The van der Waals surface area contributed by atoms with Crippen LogP contribution < -0.4 is 11.3 Å². The van der Waals surface area contributed by atoms with Crippen LogP contribution in [0.15, 0.2) is 16.6 Å². The maximum absolute atomic E-state index is 13.9. The number of hydrogen-bond acceptors (Lipinski definition) is 3. The van der Waals surface area contributed by atoms with Crippen molar-refractivity contribution in [3.05, 3.63) is 33.0 Å². The van der Waals surface area contributed by atoms with Gasteiger partial charge in [-0.3, -0.25) is 11.3 Å². The Morgan fingerprint density at radius 3 is 2.88 bits per heavy atom. The number of benzene rings is 1. The highest BCUT2D eigenvalue weighted by Gasteiger charge is 2.17. The summed E-state index contributed by atoms with van der Waals surface area (Å²) in [5.41, 5.74) is 3.13. The molecular weight excluding hydrogens is 327 g/mol. The monoisotopic (exact) mass is 340 g/mol. The lowest BCUT2D eigenvalue weighted by molar-refractivity contribution is 0.546. The van der Waals surface area contributed by atoms with Crippen molar-refractivity contribution in [3.8, 4) is 0 Å². The van der Waals surface area contributed by atoms with Gasteiger partial charge in [-0.2, -0.15) is 11.8 Å². The van der Waals surface area contributed by atoms with Crippen LogP contribution in [-0.4, -0.2) is 11.5 Å². The van der Waals surface area contributed by atoms with Crippen LogP contribution in [0.5, 0.6) is 0 Å². The molecule has 0 aromatic heterocycles. The van der Waals surface area contributed by atoms with Crippen LogP contribution in [0.3, 0.4) is 0 Å². The normalized spacial score (nSPS) is 12.8. The number of hydrazine groups is 1. The minimum atomic E-state index is -0.416. The minimum absolute atomic E-state index is 0.100. The molecule has 0 heterocycles. The summed E-state index contributed by atoms with van der Waals surface area (Å²) in [5.74, 6) is 6.80. The third kappa shape index (κ3) is 4.10. The van der Waals surface area contributed by atoms with Gasteiger partial charge < -0.3 is 0 Å². The SMILES string of the molecule is CCCSCC(NN)c1ccc(Br)c(Cl)c1F. The fourth-order valence-corrected chi connectivity index (χ4v) is 2.83. The molecule has 0 bridgehead atoms. The molecule has 0 saturated heterocycles. The molecule has 2 nitrogen and oxygen atoms in total. The number of thioether (sulfide) groups is 1. The summed E-state index contributed by atoms with van der Waals surface area (Å²) >= 11 is 10.8. The van der Waals surface area contributed by atoms with Crippen LogP contribution in [0.25, 0.3) is 0 Å². The zero-order chi connectivity index (χ0) is 12.8. The summed E-state index contributed by atoms with van der Waals surface area (Å²) in [6, 6.07) is 3.20. The number of nitrogens with two attached hydrogens (primary N) is 1. The van der Waals surface area contributed by atoms with Crippen LogP contribution in [0.1, 0.15) is 24.9 Å². The van der Waals surface area contributed by atoms with Gasteiger partial charge in [-0.1, -0.05) is 24.6 Å². The number of rotatable bonds is 6. The fraction of sp³-hybridized carbons (Fsp3) is 0.455. The Morgan fingerprint density at radius 1 is 1.59 bits per heavy atom. The van der Waals surface area contributed by atoms with Gasteiger partial charge >= 0.3 is 0 Å². The van der Waals surface area contributed by atoms with E-state index in [1.807, 2.05) is 0 Å². The molecule has 3 N–H and O–H groups in total. The van der Waals surface area contributed by atoms with Gasteiger partial charge in [0.2, 0.25) is 0 Å². The van der Waals surface area contributed by atoms with Crippen molar-refractivity contribution >= 4 is 39.3 Å². The third-order valence-electron chi connectivity index (χ3n) is 2.27. The molecule has 96 valence electrons. The molecule has 0 radical (unpaired) electrons. The van der Waals surface area contributed by atoms with E-state index in [1.54, 1.807) is 23.9 Å². The lowest BCUT2D eigenvalue weighted by atomic mass is 10.1. The largest absolute Gasteiger partial charge is 0.271 e. The summed E-state index contributed by atoms with van der Waals surface area (Å²) in [5, 5.41) is 0.100. The molecular formula is C11H15BrClFN2S. The summed E-state index contributed by atoms with van der Waals surface area (Å²) < 4.78 is 14.5. The Labute approximate surface area is 119 Å². The molecule has 0 aliphatic carbocycles. The molecule has 1 aromatic rings. The number of nitrogens with one attached hydrogen (secondary N) is 1. The fourth-order valence-electron chi connectivity index (χ4n) is 1.38. The smallest absolute Gasteiger partial charge is 0.147 e. The molecule has 1 unspecified atom stereocenters. The number of halogens is 3. The Balaban J connectivity index is 2.85. The third-order valence-corrected chi connectivity index (χ3v) is 4.80. The van der Waals surface area contributed by atoms with Gasteiger partial charge in [-0.15, -0.1) is 0 Å². The van der Waals surface area contributed by atoms with E-state index in [2.05, 4.69) is 28.3 Å². The van der Waals surface area contributed by atoms with Gasteiger partial charge in [-0.05, 0) is 34.2 Å². The molecule has 0 aliphatic heterocycles. The van der Waals surface area contributed by atoms with E-state index in [9.17, 15) is 4.39 Å². The first-order valence-corrected chi connectivity index (χ1v) is 7.61. The first kappa shape index (κ1) is 15.2. The van der Waals surface area contributed by atoms with Gasteiger partial charge in [-0.25, -0.2) is 4.39 Å². The first-order valence-electron chi connectivity index (χ1n) is 5.29. The average molecular weight is 342 g/mol. The Kier molecular flexibility index (Phi) is 6.80. The summed E-state index contributed by atoms with van der Waals surface area (Å²) in [6.45, 7) is 2.11. The minimum Gasteiger partial charge on any atom is -0.271 e. The maximum Gasteiger partial charge on any atom is 0.147 e. The van der Waals surface area contributed by atoms with Crippen LogP contribution >= 0.6 is 39.3 Å². The zero-order valence-electron chi connectivity index (χ0n) is 9.47. The Bertz CT molecular complexity index is 379.